The van der Waals surface area contributed by atoms with Crippen LogP contribution in [0.1, 0.15) is 0 Å². The maximum Gasteiger partial charge on any atom is 0.332 e. The summed E-state index contributed by atoms with van der Waals surface area (Å²) in [6, 6.07) is 0. The summed E-state index contributed by atoms with van der Waals surface area (Å²) in [7, 11) is 6.47. The van der Waals surface area contributed by atoms with E-state index in [0.717, 1.165) is 4.57 Å². The molecule has 4 heterocycles. The van der Waals surface area contributed by atoms with Gasteiger partial charge in [0.25, 0.3) is 11.1 Å². The summed E-state index contributed by atoms with van der Waals surface area (Å²) in [6.07, 6.45) is 2.99. The number of hydrogen-bond donors (Lipinski definition) is 2. The first-order valence-corrected chi connectivity index (χ1v) is 7.43. The molecule has 0 radical (unpaired) electrons. The van der Waals surface area contributed by atoms with Crippen molar-refractivity contribution in [3.63, 3.8) is 0 Å². The number of H-pyrrole nitrogens is 2. The second-order valence-corrected chi connectivity index (χ2v) is 5.69. The van der Waals surface area contributed by atoms with Gasteiger partial charge in [0, 0.05) is 28.2 Å². The summed E-state index contributed by atoms with van der Waals surface area (Å²) < 4.78 is 5.61. The molecule has 0 amide bonds. The Morgan fingerprint density at radius 2 is 1.50 bits per heavy atom. The molecule has 4 rings (SSSR count). The lowest BCUT2D eigenvalue weighted by Gasteiger charge is -2.02. The van der Waals surface area contributed by atoms with Crippen LogP contribution in [-0.4, -0.2) is 38.2 Å². The average molecular weight is 360 g/mol. The van der Waals surface area contributed by atoms with E-state index < -0.39 is 11.2 Å². The summed E-state index contributed by atoms with van der Waals surface area (Å²) in [4.78, 5) is 57.4. The molecule has 0 aliphatic carbocycles. The van der Waals surface area contributed by atoms with E-state index in [1.807, 2.05) is 0 Å². The van der Waals surface area contributed by atoms with E-state index in [4.69, 9.17) is 0 Å². The minimum absolute atomic E-state index is 0.247. The molecule has 4 aromatic rings. The molecule has 0 aliphatic heterocycles. The lowest BCUT2D eigenvalue weighted by molar-refractivity contribution is 0.705. The Morgan fingerprint density at radius 1 is 0.846 bits per heavy atom. The number of hydrogen-bond acceptors (Lipinski definition) is 6. The number of nitrogens with one attached hydrogen (secondary N) is 2. The van der Waals surface area contributed by atoms with Gasteiger partial charge in [0.2, 0.25) is 0 Å². The van der Waals surface area contributed by atoms with Crippen molar-refractivity contribution in [2.24, 2.45) is 28.2 Å². The van der Waals surface area contributed by atoms with E-state index in [1.165, 1.54) is 24.3 Å². The Morgan fingerprint density at radius 3 is 2.19 bits per heavy atom. The van der Waals surface area contributed by atoms with Crippen LogP contribution in [0.4, 0.5) is 0 Å². The van der Waals surface area contributed by atoms with Gasteiger partial charge in [-0.1, -0.05) is 0 Å². The summed E-state index contributed by atoms with van der Waals surface area (Å²) in [6.45, 7) is 0. The van der Waals surface area contributed by atoms with E-state index in [-0.39, 0.29) is 16.8 Å². The molecule has 4 aromatic heterocycles. The second kappa shape index (κ2) is 5.98. The Bertz CT molecular complexity index is 1360. The largest absolute Gasteiger partial charge is 0.332 e. The third-order valence-corrected chi connectivity index (χ3v) is 3.93. The zero-order chi connectivity index (χ0) is 19.2. The van der Waals surface area contributed by atoms with Crippen LogP contribution >= 0.6 is 0 Å². The Hall–Kier alpha value is -3.70. The minimum atomic E-state index is -0.517. The van der Waals surface area contributed by atoms with Crippen LogP contribution in [0.5, 0.6) is 0 Å². The first-order valence-electron chi connectivity index (χ1n) is 7.43. The van der Waals surface area contributed by atoms with Crippen molar-refractivity contribution in [2.75, 3.05) is 0 Å². The molecule has 136 valence electrons. The van der Waals surface area contributed by atoms with Gasteiger partial charge in [0.15, 0.2) is 16.7 Å². The van der Waals surface area contributed by atoms with Crippen molar-refractivity contribution >= 4 is 22.3 Å². The van der Waals surface area contributed by atoms with Crippen LogP contribution in [0, 0.1) is 0 Å². The number of nitrogens with zero attached hydrogens (tertiary/aromatic N) is 6. The standard InChI is InChI=1S/C8H10N4O2.C6H6N4O2/c1-10-4-9-6-5(10)7(13)12(3)8(14)11(6)2;1-10-2-7-3-4(10)8-6(12)9-5(3)11/h4H,1-3H3;2H,1H3,(H2,8,9,11,12). The molecular weight excluding hydrogens is 344 g/mol. The molecule has 0 aromatic carbocycles. The molecular formula is C14H16N8O4. The number of aryl methyl sites for hydroxylation is 3. The third-order valence-electron chi connectivity index (χ3n) is 3.93. The molecule has 0 unspecified atom stereocenters. The first kappa shape index (κ1) is 17.1. The molecule has 0 spiro atoms. The van der Waals surface area contributed by atoms with Crippen LogP contribution in [0.15, 0.2) is 31.8 Å². The highest BCUT2D eigenvalue weighted by Gasteiger charge is 2.11. The lowest BCUT2D eigenvalue weighted by atomic mass is 10.5. The van der Waals surface area contributed by atoms with Gasteiger partial charge < -0.3 is 9.13 Å². The van der Waals surface area contributed by atoms with Crippen LogP contribution in [0.25, 0.3) is 22.3 Å². The fourth-order valence-corrected chi connectivity index (χ4v) is 2.52. The zero-order valence-electron chi connectivity index (χ0n) is 14.5. The first-order chi connectivity index (χ1) is 12.2. The smallest absolute Gasteiger partial charge is 0.328 e. The number of fused-ring (bicyclic) bond motifs is 2. The Kier molecular flexibility index (Phi) is 3.94. The van der Waals surface area contributed by atoms with Crippen molar-refractivity contribution in [3.8, 4) is 0 Å². The lowest BCUT2D eigenvalue weighted by Crippen LogP contribution is -2.37. The van der Waals surface area contributed by atoms with Crippen molar-refractivity contribution in [2.45, 2.75) is 0 Å². The van der Waals surface area contributed by atoms with Crippen molar-refractivity contribution < 1.29 is 0 Å². The second-order valence-electron chi connectivity index (χ2n) is 5.69. The number of imidazole rings is 2. The van der Waals surface area contributed by atoms with Gasteiger partial charge in [0.05, 0.1) is 12.7 Å². The van der Waals surface area contributed by atoms with Gasteiger partial charge in [0.1, 0.15) is 5.65 Å². The zero-order valence-corrected chi connectivity index (χ0v) is 14.5. The van der Waals surface area contributed by atoms with Crippen molar-refractivity contribution in [1.82, 2.24) is 38.2 Å². The van der Waals surface area contributed by atoms with Crippen LogP contribution in [0.3, 0.4) is 0 Å². The van der Waals surface area contributed by atoms with Gasteiger partial charge in [-0.15, -0.1) is 0 Å². The molecule has 12 heteroatoms. The predicted molar refractivity (Wildman–Crippen MR) is 93.2 cm³/mol. The molecule has 0 saturated carbocycles. The maximum absolute atomic E-state index is 11.7. The van der Waals surface area contributed by atoms with E-state index >= 15 is 0 Å². The predicted octanol–water partition coefficient (Wildman–Crippen LogP) is -2.08. The van der Waals surface area contributed by atoms with Gasteiger partial charge in [-0.25, -0.2) is 19.6 Å². The summed E-state index contributed by atoms with van der Waals surface area (Å²) in [5, 5.41) is 0. The van der Waals surface area contributed by atoms with E-state index in [0.29, 0.717) is 16.8 Å². The maximum atomic E-state index is 11.7. The molecule has 0 bridgehead atoms. The average Bonchev–Trinajstić information content (AvgIpc) is 3.15. The van der Waals surface area contributed by atoms with Gasteiger partial charge in [-0.3, -0.25) is 28.7 Å². The molecule has 26 heavy (non-hydrogen) atoms. The van der Waals surface area contributed by atoms with Crippen LogP contribution in [0.2, 0.25) is 0 Å². The van der Waals surface area contributed by atoms with E-state index in [2.05, 4.69) is 19.9 Å². The van der Waals surface area contributed by atoms with Gasteiger partial charge >= 0.3 is 11.4 Å². The highest BCUT2D eigenvalue weighted by Crippen LogP contribution is 2.01. The molecule has 0 saturated heterocycles. The SMILES string of the molecule is Cn1c(=O)c2c(ncn2C)n(C)c1=O.Cn1cnc2c(=O)[nH]c(=O)[nH]c21. The Balaban J connectivity index is 0.000000152. The quantitative estimate of drug-likeness (QED) is 0.368. The topological polar surface area (TPSA) is 145 Å². The van der Waals surface area contributed by atoms with Gasteiger partial charge in [-0.2, -0.15) is 0 Å². The fraction of sp³-hybridized carbons (Fsp3) is 0.286. The van der Waals surface area contributed by atoms with E-state index in [1.54, 1.807) is 30.3 Å². The summed E-state index contributed by atoms with van der Waals surface area (Å²) in [5.41, 5.74) is -0.120. The molecule has 0 aliphatic rings. The number of rotatable bonds is 0. The summed E-state index contributed by atoms with van der Waals surface area (Å²) >= 11 is 0. The molecule has 0 fully saturated rings. The van der Waals surface area contributed by atoms with Crippen molar-refractivity contribution in [3.05, 3.63) is 54.3 Å². The molecule has 2 N–H and O–H groups in total. The highest BCUT2D eigenvalue weighted by molar-refractivity contribution is 5.69. The minimum Gasteiger partial charge on any atom is -0.328 e. The number of aromatic amines is 2. The molecule has 0 atom stereocenters. The monoisotopic (exact) mass is 360 g/mol. The van der Waals surface area contributed by atoms with Gasteiger partial charge in [-0.05, 0) is 0 Å². The van der Waals surface area contributed by atoms with E-state index in [9.17, 15) is 19.2 Å². The normalized spacial score (nSPS) is 10.9. The summed E-state index contributed by atoms with van der Waals surface area (Å²) in [5.74, 6) is 0. The molecule has 12 nitrogen and oxygen atoms in total. The van der Waals surface area contributed by atoms with Crippen molar-refractivity contribution in [1.29, 1.82) is 0 Å². The van der Waals surface area contributed by atoms with Crippen LogP contribution in [-0.2, 0) is 28.2 Å². The number of aromatic nitrogens is 8. The third kappa shape index (κ3) is 2.56. The van der Waals surface area contributed by atoms with Crippen LogP contribution < -0.4 is 22.5 Å². The fourth-order valence-electron chi connectivity index (χ4n) is 2.52. The Labute approximate surface area is 144 Å². The highest BCUT2D eigenvalue weighted by atomic mass is 16.2.